The molecule has 2 N–H and O–H groups in total. The van der Waals surface area contributed by atoms with Gasteiger partial charge in [0.1, 0.15) is 0 Å². The van der Waals surface area contributed by atoms with Crippen molar-refractivity contribution in [2.24, 2.45) is 0 Å². The fourth-order valence-corrected chi connectivity index (χ4v) is 3.92. The Balaban J connectivity index is 1.67. The van der Waals surface area contributed by atoms with E-state index in [0.29, 0.717) is 29.5 Å². The third-order valence-electron chi connectivity index (χ3n) is 5.43. The molecule has 5 aromatic rings. The molecule has 9 heteroatoms. The van der Waals surface area contributed by atoms with E-state index in [2.05, 4.69) is 25.6 Å². The minimum absolute atomic E-state index is 0.167. The number of aryl methyl sites for hydroxylation is 1. The predicted molar refractivity (Wildman–Crippen MR) is 123 cm³/mol. The van der Waals surface area contributed by atoms with Crippen LogP contribution in [0, 0.1) is 6.92 Å². The van der Waals surface area contributed by atoms with Crippen molar-refractivity contribution < 1.29 is 14.6 Å². The standard InChI is InChI=1S/C24H20N6O3/c1-3-33-24-25-20-14(2)8-13-19(23(31)32)21(20)30(24)16-11-9-15(10-12-16)17-6-4-5-7-18(17)22-26-28-29-27-22/h4-13H,3H2,1-2H3,(H,31,32)(H,26,27,28,29). The van der Waals surface area contributed by atoms with Crippen LogP contribution in [0.3, 0.4) is 0 Å². The van der Waals surface area contributed by atoms with Crippen LogP contribution in [0.4, 0.5) is 0 Å². The van der Waals surface area contributed by atoms with Gasteiger partial charge in [0.15, 0.2) is 0 Å². The number of hydrogen-bond acceptors (Lipinski definition) is 6. The van der Waals surface area contributed by atoms with Crippen LogP contribution in [0.15, 0.2) is 60.7 Å². The predicted octanol–water partition coefficient (Wildman–Crippen LogP) is 4.28. The Hall–Kier alpha value is -4.53. The maximum absolute atomic E-state index is 12.0. The first-order chi connectivity index (χ1) is 16.1. The van der Waals surface area contributed by atoms with Crippen LogP contribution in [-0.4, -0.2) is 47.9 Å². The number of carboxylic acids is 1. The largest absolute Gasteiger partial charge is 0.478 e. The van der Waals surface area contributed by atoms with E-state index in [1.54, 1.807) is 16.7 Å². The Labute approximate surface area is 188 Å². The van der Waals surface area contributed by atoms with Gasteiger partial charge in [-0.15, -0.1) is 10.2 Å². The van der Waals surface area contributed by atoms with E-state index in [-0.39, 0.29) is 5.56 Å². The van der Waals surface area contributed by atoms with Gasteiger partial charge in [-0.25, -0.2) is 4.79 Å². The Morgan fingerprint density at radius 3 is 2.48 bits per heavy atom. The number of fused-ring (bicyclic) bond motifs is 1. The van der Waals surface area contributed by atoms with E-state index < -0.39 is 5.97 Å². The Morgan fingerprint density at radius 2 is 1.82 bits per heavy atom. The minimum atomic E-state index is -1.02. The quantitative estimate of drug-likeness (QED) is 0.404. The van der Waals surface area contributed by atoms with Gasteiger partial charge in [-0.05, 0) is 54.0 Å². The van der Waals surface area contributed by atoms with E-state index in [0.717, 1.165) is 27.9 Å². The second-order valence-corrected chi connectivity index (χ2v) is 7.42. The SMILES string of the molecule is CCOc1nc2c(C)ccc(C(=O)O)c2n1-c1ccc(-c2ccccc2-c2nn[nH]n2)cc1. The molecule has 2 aromatic heterocycles. The molecule has 0 radical (unpaired) electrons. The van der Waals surface area contributed by atoms with E-state index in [1.165, 1.54) is 0 Å². The van der Waals surface area contributed by atoms with Gasteiger partial charge < -0.3 is 9.84 Å². The van der Waals surface area contributed by atoms with Crippen molar-refractivity contribution >= 4 is 17.0 Å². The number of aromatic nitrogens is 6. The molecule has 9 nitrogen and oxygen atoms in total. The van der Waals surface area contributed by atoms with E-state index in [9.17, 15) is 9.90 Å². The van der Waals surface area contributed by atoms with Crippen LogP contribution in [0.25, 0.3) is 39.2 Å². The molecule has 0 fully saturated rings. The Morgan fingerprint density at radius 1 is 1.06 bits per heavy atom. The minimum Gasteiger partial charge on any atom is -0.478 e. The van der Waals surface area contributed by atoms with Gasteiger partial charge in [0, 0.05) is 5.56 Å². The summed E-state index contributed by atoms with van der Waals surface area (Å²) in [5, 5.41) is 24.1. The zero-order valence-electron chi connectivity index (χ0n) is 18.0. The number of ether oxygens (including phenoxy) is 1. The van der Waals surface area contributed by atoms with Gasteiger partial charge in [-0.3, -0.25) is 4.57 Å². The molecule has 0 amide bonds. The lowest BCUT2D eigenvalue weighted by molar-refractivity contribution is 0.0698. The summed E-state index contributed by atoms with van der Waals surface area (Å²) in [5.41, 5.74) is 5.65. The number of carbonyl (C=O) groups is 1. The van der Waals surface area contributed by atoms with Crippen molar-refractivity contribution in [3.63, 3.8) is 0 Å². The molecular weight excluding hydrogens is 420 g/mol. The average Bonchev–Trinajstić information content (AvgIpc) is 3.49. The highest BCUT2D eigenvalue weighted by molar-refractivity contribution is 6.03. The normalized spacial score (nSPS) is 11.1. The van der Waals surface area contributed by atoms with Gasteiger partial charge in [0.05, 0.1) is 28.9 Å². The van der Waals surface area contributed by atoms with Crippen molar-refractivity contribution in [1.29, 1.82) is 0 Å². The molecule has 0 saturated carbocycles. The van der Waals surface area contributed by atoms with Crippen molar-refractivity contribution in [3.8, 4) is 34.2 Å². The first kappa shape index (κ1) is 20.4. The maximum Gasteiger partial charge on any atom is 0.337 e. The smallest absolute Gasteiger partial charge is 0.337 e. The maximum atomic E-state index is 12.0. The van der Waals surface area contributed by atoms with Gasteiger partial charge in [0.2, 0.25) is 5.82 Å². The van der Waals surface area contributed by atoms with Crippen LogP contribution in [0.1, 0.15) is 22.8 Å². The Kier molecular flexibility index (Phi) is 5.06. The molecule has 0 spiro atoms. The van der Waals surface area contributed by atoms with Gasteiger partial charge in [0.25, 0.3) is 0 Å². The van der Waals surface area contributed by atoms with Crippen molar-refractivity contribution in [2.45, 2.75) is 13.8 Å². The highest BCUT2D eigenvalue weighted by Gasteiger charge is 2.21. The Bertz CT molecular complexity index is 1460. The van der Waals surface area contributed by atoms with Crippen molar-refractivity contribution in [2.75, 3.05) is 6.61 Å². The molecule has 0 aliphatic carbocycles. The second kappa shape index (κ2) is 8.19. The average molecular weight is 440 g/mol. The summed E-state index contributed by atoms with van der Waals surface area (Å²) >= 11 is 0. The molecular formula is C24H20N6O3. The molecule has 0 atom stereocenters. The van der Waals surface area contributed by atoms with Crippen LogP contribution < -0.4 is 4.74 Å². The molecule has 0 aliphatic heterocycles. The molecule has 0 unspecified atom stereocenters. The summed E-state index contributed by atoms with van der Waals surface area (Å²) in [6, 6.07) is 19.3. The zero-order chi connectivity index (χ0) is 22.9. The number of aromatic amines is 1. The van der Waals surface area contributed by atoms with Gasteiger partial charge in [-0.1, -0.05) is 42.5 Å². The number of benzene rings is 3. The third-order valence-corrected chi connectivity index (χ3v) is 5.43. The number of tetrazole rings is 1. The fourth-order valence-electron chi connectivity index (χ4n) is 3.92. The number of carboxylic acid groups (broad SMARTS) is 1. The molecule has 5 rings (SSSR count). The van der Waals surface area contributed by atoms with Crippen LogP contribution >= 0.6 is 0 Å². The lowest BCUT2D eigenvalue weighted by Crippen LogP contribution is -2.05. The van der Waals surface area contributed by atoms with Gasteiger partial charge in [-0.2, -0.15) is 10.2 Å². The third kappa shape index (κ3) is 3.49. The van der Waals surface area contributed by atoms with Crippen LogP contribution in [0.2, 0.25) is 0 Å². The molecule has 0 saturated heterocycles. The lowest BCUT2D eigenvalue weighted by atomic mass is 9.99. The molecule has 0 bridgehead atoms. The molecule has 164 valence electrons. The number of nitrogens with one attached hydrogen (secondary N) is 1. The number of H-pyrrole nitrogens is 1. The summed E-state index contributed by atoms with van der Waals surface area (Å²) in [6.07, 6.45) is 0. The molecule has 0 aliphatic rings. The van der Waals surface area contributed by atoms with Crippen LogP contribution in [0.5, 0.6) is 6.01 Å². The summed E-state index contributed by atoms with van der Waals surface area (Å²) in [7, 11) is 0. The van der Waals surface area contributed by atoms with E-state index >= 15 is 0 Å². The van der Waals surface area contributed by atoms with E-state index in [1.807, 2.05) is 62.4 Å². The number of imidazole rings is 1. The highest BCUT2D eigenvalue weighted by atomic mass is 16.5. The fraction of sp³-hybridized carbons (Fsp3) is 0.125. The highest BCUT2D eigenvalue weighted by Crippen LogP contribution is 2.34. The summed E-state index contributed by atoms with van der Waals surface area (Å²) in [6.45, 7) is 4.17. The van der Waals surface area contributed by atoms with Crippen molar-refractivity contribution in [3.05, 3.63) is 71.8 Å². The number of rotatable bonds is 6. The monoisotopic (exact) mass is 440 g/mol. The number of nitrogens with zero attached hydrogens (tertiary/aromatic N) is 5. The summed E-state index contributed by atoms with van der Waals surface area (Å²) in [5.74, 6) is -0.509. The van der Waals surface area contributed by atoms with Crippen molar-refractivity contribution in [1.82, 2.24) is 30.2 Å². The molecule has 3 aromatic carbocycles. The lowest BCUT2D eigenvalue weighted by Gasteiger charge is -2.12. The summed E-state index contributed by atoms with van der Waals surface area (Å²) in [4.78, 5) is 16.6. The number of aromatic carboxylic acids is 1. The zero-order valence-corrected chi connectivity index (χ0v) is 18.0. The second-order valence-electron chi connectivity index (χ2n) is 7.42. The number of hydrogen-bond donors (Lipinski definition) is 2. The summed E-state index contributed by atoms with van der Waals surface area (Å²) < 4.78 is 7.54. The first-order valence-corrected chi connectivity index (χ1v) is 10.4. The first-order valence-electron chi connectivity index (χ1n) is 10.4. The van der Waals surface area contributed by atoms with E-state index in [4.69, 9.17) is 4.74 Å². The molecule has 33 heavy (non-hydrogen) atoms. The van der Waals surface area contributed by atoms with Gasteiger partial charge >= 0.3 is 12.0 Å². The topological polar surface area (TPSA) is 119 Å². The van der Waals surface area contributed by atoms with Crippen LogP contribution in [-0.2, 0) is 0 Å². The molecule has 2 heterocycles.